The summed E-state index contributed by atoms with van der Waals surface area (Å²) < 4.78 is 10.9. The molecular weight excluding hydrogens is 268 g/mol. The largest absolute Gasteiger partial charge is 0.461 e. The van der Waals surface area contributed by atoms with E-state index in [1.807, 2.05) is 30.3 Å². The lowest BCUT2D eigenvalue weighted by Gasteiger charge is -2.31. The normalized spacial score (nSPS) is 15.9. The Morgan fingerprint density at radius 2 is 1.95 bits per heavy atom. The van der Waals surface area contributed by atoms with Crippen LogP contribution >= 0.6 is 0 Å². The lowest BCUT2D eigenvalue weighted by molar-refractivity contribution is -0.187. The highest BCUT2D eigenvalue weighted by Gasteiger charge is 2.42. The molecule has 0 saturated carbocycles. The number of ether oxygens (including phenoxy) is 2. The maximum Gasteiger partial charge on any atom is 0.341 e. The Labute approximate surface area is 126 Å². The number of hydrogen-bond donors (Lipinski definition) is 1. The van der Waals surface area contributed by atoms with Crippen LogP contribution in [0, 0.1) is 0 Å². The van der Waals surface area contributed by atoms with E-state index in [2.05, 4.69) is 0 Å². The van der Waals surface area contributed by atoms with Gasteiger partial charge in [0.2, 0.25) is 0 Å². The molecule has 0 aliphatic carbocycles. The van der Waals surface area contributed by atoms with Gasteiger partial charge in [-0.1, -0.05) is 42.5 Å². The summed E-state index contributed by atoms with van der Waals surface area (Å²) in [6.07, 6.45) is 1.86. The fourth-order valence-corrected chi connectivity index (χ4v) is 1.77. The molecule has 1 rings (SSSR count). The Hall–Kier alpha value is -1.65. The van der Waals surface area contributed by atoms with Crippen molar-refractivity contribution in [1.29, 1.82) is 0 Å². The highest BCUT2D eigenvalue weighted by molar-refractivity contribution is 5.80. The Morgan fingerprint density at radius 1 is 1.33 bits per heavy atom. The third-order valence-corrected chi connectivity index (χ3v) is 3.07. The zero-order chi connectivity index (χ0) is 15.9. The van der Waals surface area contributed by atoms with Crippen molar-refractivity contribution in [3.8, 4) is 0 Å². The zero-order valence-electron chi connectivity index (χ0n) is 13.1. The molecule has 116 valence electrons. The topological polar surface area (TPSA) is 55.8 Å². The lowest BCUT2D eigenvalue weighted by Crippen LogP contribution is -2.50. The summed E-state index contributed by atoms with van der Waals surface area (Å²) in [6, 6.07) is 9.49. The minimum absolute atomic E-state index is 0.221. The van der Waals surface area contributed by atoms with Crippen molar-refractivity contribution in [2.75, 3.05) is 0 Å². The molecule has 1 aromatic rings. The maximum atomic E-state index is 12.3. The first-order chi connectivity index (χ1) is 9.90. The molecule has 0 saturated heterocycles. The Kier molecular flexibility index (Phi) is 6.59. The van der Waals surface area contributed by atoms with E-state index >= 15 is 0 Å². The van der Waals surface area contributed by atoms with E-state index in [0.29, 0.717) is 0 Å². The van der Waals surface area contributed by atoms with Crippen LogP contribution in [-0.4, -0.2) is 28.9 Å². The zero-order valence-corrected chi connectivity index (χ0v) is 13.1. The number of allylic oxidation sites excluding steroid dienone is 1. The molecule has 0 fully saturated rings. The summed E-state index contributed by atoms with van der Waals surface area (Å²) in [5.74, 6) is -0.570. The second-order valence-electron chi connectivity index (χ2n) is 5.31. The molecule has 0 heterocycles. The van der Waals surface area contributed by atoms with Gasteiger partial charge >= 0.3 is 5.97 Å². The molecular formula is C17H24O4. The van der Waals surface area contributed by atoms with Gasteiger partial charge in [-0.05, 0) is 33.3 Å². The molecule has 4 heteroatoms. The minimum Gasteiger partial charge on any atom is -0.461 e. The maximum absolute atomic E-state index is 12.3. The number of aliphatic hydroxyl groups excluding tert-OH is 1. The molecule has 0 bridgehead atoms. The highest BCUT2D eigenvalue weighted by Crippen LogP contribution is 2.22. The molecule has 0 amide bonds. The molecule has 21 heavy (non-hydrogen) atoms. The first-order valence-electron chi connectivity index (χ1n) is 7.10. The van der Waals surface area contributed by atoms with E-state index in [0.717, 1.165) is 5.56 Å². The number of esters is 1. The molecule has 1 N–H and O–H groups in total. The van der Waals surface area contributed by atoms with Crippen molar-refractivity contribution in [3.05, 3.63) is 48.0 Å². The number of benzene rings is 1. The van der Waals surface area contributed by atoms with Crippen LogP contribution in [-0.2, 0) is 20.9 Å². The molecule has 2 atom stereocenters. The fourth-order valence-electron chi connectivity index (χ4n) is 1.77. The molecule has 0 aliphatic rings. The van der Waals surface area contributed by atoms with E-state index in [4.69, 9.17) is 9.47 Å². The molecule has 4 nitrogen and oxygen atoms in total. The smallest absolute Gasteiger partial charge is 0.341 e. The predicted octanol–water partition coefficient (Wildman–Crippen LogP) is 2.85. The molecule has 1 aromatic carbocycles. The van der Waals surface area contributed by atoms with Crippen molar-refractivity contribution in [1.82, 2.24) is 0 Å². The van der Waals surface area contributed by atoms with Crippen molar-refractivity contribution in [3.63, 3.8) is 0 Å². The summed E-state index contributed by atoms with van der Waals surface area (Å²) in [6.45, 7) is 7.06. The van der Waals surface area contributed by atoms with E-state index in [-0.39, 0.29) is 12.7 Å². The van der Waals surface area contributed by atoms with Crippen LogP contribution in [0.3, 0.4) is 0 Å². The van der Waals surface area contributed by atoms with Crippen LogP contribution in [0.4, 0.5) is 0 Å². The van der Waals surface area contributed by atoms with Crippen LogP contribution in [0.15, 0.2) is 42.5 Å². The number of carbonyl (C=O) groups is 1. The average Bonchev–Trinajstić information content (AvgIpc) is 2.45. The van der Waals surface area contributed by atoms with Gasteiger partial charge in [0.1, 0.15) is 6.10 Å². The van der Waals surface area contributed by atoms with E-state index < -0.39 is 17.7 Å². The number of rotatable bonds is 7. The van der Waals surface area contributed by atoms with Gasteiger partial charge in [-0.25, -0.2) is 4.79 Å². The van der Waals surface area contributed by atoms with Crippen LogP contribution < -0.4 is 0 Å². The Bertz CT molecular complexity index is 467. The van der Waals surface area contributed by atoms with E-state index in [1.165, 1.54) is 6.08 Å². The Balaban J connectivity index is 2.88. The standard InChI is InChI=1S/C17H24O4/c1-5-9-15(18)17(4,16(19)21-13(2)3)20-12-14-10-7-6-8-11-14/h5-11,13,15,18H,12H2,1-4H3/b9-5+/t15-,17+/m1/s1. The van der Waals surface area contributed by atoms with Crippen molar-refractivity contribution in [2.24, 2.45) is 0 Å². The SMILES string of the molecule is C/C=C/[C@@H](O)[C@](C)(OCc1ccccc1)C(=O)OC(C)C. The van der Waals surface area contributed by atoms with Gasteiger partial charge in [0.05, 0.1) is 12.7 Å². The molecule has 0 aromatic heterocycles. The quantitative estimate of drug-likeness (QED) is 0.620. The fraction of sp³-hybridized carbons (Fsp3) is 0.471. The summed E-state index contributed by atoms with van der Waals surface area (Å²) in [5.41, 5.74) is -0.513. The summed E-state index contributed by atoms with van der Waals surface area (Å²) in [7, 11) is 0. The number of hydrogen-bond acceptors (Lipinski definition) is 4. The molecule has 0 unspecified atom stereocenters. The summed E-state index contributed by atoms with van der Waals surface area (Å²) >= 11 is 0. The predicted molar refractivity (Wildman–Crippen MR) is 81.7 cm³/mol. The second kappa shape index (κ2) is 7.96. The van der Waals surface area contributed by atoms with Gasteiger partial charge in [-0.2, -0.15) is 0 Å². The van der Waals surface area contributed by atoms with Gasteiger partial charge in [-0.3, -0.25) is 0 Å². The first-order valence-corrected chi connectivity index (χ1v) is 7.10. The minimum atomic E-state index is -1.44. The van der Waals surface area contributed by atoms with Crippen LogP contribution in [0.1, 0.15) is 33.3 Å². The van der Waals surface area contributed by atoms with Gasteiger partial charge in [0.15, 0.2) is 5.60 Å². The monoisotopic (exact) mass is 292 g/mol. The third-order valence-electron chi connectivity index (χ3n) is 3.07. The van der Waals surface area contributed by atoms with Gasteiger partial charge in [0, 0.05) is 0 Å². The van der Waals surface area contributed by atoms with Crippen LogP contribution in [0.2, 0.25) is 0 Å². The van der Waals surface area contributed by atoms with E-state index in [9.17, 15) is 9.90 Å². The molecule has 0 aliphatic heterocycles. The molecule has 0 spiro atoms. The van der Waals surface area contributed by atoms with Gasteiger partial charge in [-0.15, -0.1) is 0 Å². The van der Waals surface area contributed by atoms with Crippen molar-refractivity contribution in [2.45, 2.75) is 52.1 Å². The average molecular weight is 292 g/mol. The Morgan fingerprint density at radius 3 is 2.48 bits per heavy atom. The number of aliphatic hydroxyl groups is 1. The number of carbonyl (C=O) groups excluding carboxylic acids is 1. The summed E-state index contributed by atoms with van der Waals surface area (Å²) in [4.78, 5) is 12.3. The second-order valence-corrected chi connectivity index (χ2v) is 5.31. The third kappa shape index (κ3) is 4.99. The van der Waals surface area contributed by atoms with Crippen LogP contribution in [0.25, 0.3) is 0 Å². The lowest BCUT2D eigenvalue weighted by atomic mass is 9.98. The van der Waals surface area contributed by atoms with Crippen molar-refractivity contribution < 1.29 is 19.4 Å². The van der Waals surface area contributed by atoms with Crippen LogP contribution in [0.5, 0.6) is 0 Å². The van der Waals surface area contributed by atoms with Gasteiger partial charge < -0.3 is 14.6 Å². The highest BCUT2D eigenvalue weighted by atomic mass is 16.6. The molecule has 0 radical (unpaired) electrons. The first kappa shape index (κ1) is 17.4. The van der Waals surface area contributed by atoms with E-state index in [1.54, 1.807) is 33.8 Å². The van der Waals surface area contributed by atoms with Gasteiger partial charge in [0.25, 0.3) is 0 Å². The summed E-state index contributed by atoms with van der Waals surface area (Å²) in [5, 5.41) is 10.2. The van der Waals surface area contributed by atoms with Crippen molar-refractivity contribution >= 4 is 5.97 Å².